The van der Waals surface area contributed by atoms with E-state index in [1.54, 1.807) is 79.7 Å². The summed E-state index contributed by atoms with van der Waals surface area (Å²) in [7, 11) is -0.637. The first-order valence-corrected chi connectivity index (χ1v) is 11.1. The number of methoxy groups -OCH3 is 2. The van der Waals surface area contributed by atoms with Crippen LogP contribution in [-0.2, 0) is 10.0 Å². The first kappa shape index (κ1) is 22.2. The highest BCUT2D eigenvalue weighted by atomic mass is 32.2. The van der Waals surface area contributed by atoms with Crippen LogP contribution >= 0.6 is 0 Å². The molecule has 3 rings (SSSR count). The van der Waals surface area contributed by atoms with Gasteiger partial charge in [-0.3, -0.25) is 9.10 Å². The molecule has 0 heterocycles. The molecule has 0 saturated carbocycles. The SMILES string of the molecule is CCN(c1ccc(C(=O)Nc2ccc(OC)c(OC)c2)cc1)S(=O)(=O)c1ccccc1. The van der Waals surface area contributed by atoms with Gasteiger partial charge in [0.05, 0.1) is 24.8 Å². The molecule has 0 aliphatic heterocycles. The summed E-state index contributed by atoms with van der Waals surface area (Å²) in [6.07, 6.45) is 0. The van der Waals surface area contributed by atoms with Crippen LogP contribution in [0.25, 0.3) is 0 Å². The Morgan fingerprint density at radius 2 is 1.55 bits per heavy atom. The van der Waals surface area contributed by atoms with Crippen molar-refractivity contribution >= 4 is 27.3 Å². The van der Waals surface area contributed by atoms with Crippen molar-refractivity contribution in [1.29, 1.82) is 0 Å². The van der Waals surface area contributed by atoms with Crippen LogP contribution in [0.2, 0.25) is 0 Å². The van der Waals surface area contributed by atoms with Gasteiger partial charge in [-0.2, -0.15) is 0 Å². The summed E-state index contributed by atoms with van der Waals surface area (Å²) in [6, 6.07) is 19.7. The highest BCUT2D eigenvalue weighted by Gasteiger charge is 2.23. The number of amides is 1. The minimum atomic E-state index is -3.69. The summed E-state index contributed by atoms with van der Waals surface area (Å²) < 4.78 is 37.7. The molecule has 0 aliphatic rings. The van der Waals surface area contributed by atoms with Gasteiger partial charge in [0, 0.05) is 23.9 Å². The summed E-state index contributed by atoms with van der Waals surface area (Å²) in [5.41, 5.74) is 1.43. The molecule has 0 spiro atoms. The van der Waals surface area contributed by atoms with E-state index in [1.165, 1.54) is 18.5 Å². The lowest BCUT2D eigenvalue weighted by molar-refractivity contribution is 0.102. The summed E-state index contributed by atoms with van der Waals surface area (Å²) in [4.78, 5) is 12.8. The number of carbonyl (C=O) groups is 1. The largest absolute Gasteiger partial charge is 0.493 e. The molecule has 0 unspecified atom stereocenters. The Hall–Kier alpha value is -3.52. The number of hydrogen-bond acceptors (Lipinski definition) is 5. The molecule has 1 N–H and O–H groups in total. The zero-order chi connectivity index (χ0) is 22.4. The van der Waals surface area contributed by atoms with E-state index in [4.69, 9.17) is 9.47 Å². The smallest absolute Gasteiger partial charge is 0.264 e. The van der Waals surface area contributed by atoms with Crippen molar-refractivity contribution in [3.8, 4) is 11.5 Å². The zero-order valence-corrected chi connectivity index (χ0v) is 18.3. The lowest BCUT2D eigenvalue weighted by atomic mass is 10.2. The fourth-order valence-electron chi connectivity index (χ4n) is 3.11. The minimum Gasteiger partial charge on any atom is -0.493 e. The number of ether oxygens (including phenoxy) is 2. The molecular weight excluding hydrogens is 416 g/mol. The van der Waals surface area contributed by atoms with Crippen molar-refractivity contribution in [3.05, 3.63) is 78.4 Å². The fourth-order valence-corrected chi connectivity index (χ4v) is 4.60. The second kappa shape index (κ2) is 9.53. The summed E-state index contributed by atoms with van der Waals surface area (Å²) >= 11 is 0. The third-order valence-electron chi connectivity index (χ3n) is 4.68. The molecule has 3 aromatic rings. The van der Waals surface area contributed by atoms with Gasteiger partial charge in [0.2, 0.25) is 0 Å². The maximum absolute atomic E-state index is 13.0. The Bertz CT molecular complexity index is 1150. The lowest BCUT2D eigenvalue weighted by Crippen LogP contribution is -2.30. The van der Waals surface area contributed by atoms with Gasteiger partial charge in [-0.25, -0.2) is 8.42 Å². The molecule has 31 heavy (non-hydrogen) atoms. The molecule has 162 valence electrons. The Morgan fingerprint density at radius 1 is 0.903 bits per heavy atom. The third-order valence-corrected chi connectivity index (χ3v) is 6.59. The van der Waals surface area contributed by atoms with E-state index in [-0.39, 0.29) is 17.3 Å². The van der Waals surface area contributed by atoms with Gasteiger partial charge in [0.1, 0.15) is 0 Å². The first-order chi connectivity index (χ1) is 14.9. The molecule has 0 saturated heterocycles. The topological polar surface area (TPSA) is 84.9 Å². The Labute approximate surface area is 182 Å². The van der Waals surface area contributed by atoms with Gasteiger partial charge >= 0.3 is 0 Å². The number of nitrogens with zero attached hydrogens (tertiary/aromatic N) is 1. The number of nitrogens with one attached hydrogen (secondary N) is 1. The van der Waals surface area contributed by atoms with Crippen molar-refractivity contribution in [3.63, 3.8) is 0 Å². The summed E-state index contributed by atoms with van der Waals surface area (Å²) in [6.45, 7) is 2.02. The number of benzene rings is 3. The van der Waals surface area contributed by atoms with Crippen LogP contribution in [0.5, 0.6) is 11.5 Å². The van der Waals surface area contributed by atoms with Crippen LogP contribution in [0.1, 0.15) is 17.3 Å². The molecule has 0 atom stereocenters. The number of hydrogen-bond donors (Lipinski definition) is 1. The average Bonchev–Trinajstić information content (AvgIpc) is 2.80. The number of rotatable bonds is 8. The van der Waals surface area contributed by atoms with Crippen molar-refractivity contribution in [2.24, 2.45) is 0 Å². The van der Waals surface area contributed by atoms with E-state index in [0.29, 0.717) is 28.4 Å². The van der Waals surface area contributed by atoms with Gasteiger partial charge in [0.15, 0.2) is 11.5 Å². The minimum absolute atomic E-state index is 0.215. The molecule has 0 bridgehead atoms. The molecule has 1 amide bonds. The van der Waals surface area contributed by atoms with E-state index >= 15 is 0 Å². The van der Waals surface area contributed by atoms with E-state index in [9.17, 15) is 13.2 Å². The molecule has 0 aliphatic carbocycles. The Balaban J connectivity index is 1.80. The Kier molecular flexibility index (Phi) is 6.81. The first-order valence-electron chi connectivity index (χ1n) is 9.62. The number of sulfonamides is 1. The zero-order valence-electron chi connectivity index (χ0n) is 17.5. The lowest BCUT2D eigenvalue weighted by Gasteiger charge is -2.23. The second-order valence-corrected chi connectivity index (χ2v) is 8.42. The number of carbonyl (C=O) groups excluding carboxylic acids is 1. The molecular formula is C23H24N2O5S. The normalized spacial score (nSPS) is 10.9. The number of anilines is 2. The Morgan fingerprint density at radius 3 is 2.13 bits per heavy atom. The van der Waals surface area contributed by atoms with Crippen molar-refractivity contribution < 1.29 is 22.7 Å². The van der Waals surface area contributed by atoms with Crippen LogP contribution in [0.4, 0.5) is 11.4 Å². The molecule has 0 radical (unpaired) electrons. The quantitative estimate of drug-likeness (QED) is 0.568. The van der Waals surface area contributed by atoms with Crippen LogP contribution < -0.4 is 19.1 Å². The molecule has 0 aromatic heterocycles. The predicted molar refractivity (Wildman–Crippen MR) is 121 cm³/mol. The van der Waals surface area contributed by atoms with Crippen LogP contribution in [-0.4, -0.2) is 35.1 Å². The molecule has 8 heteroatoms. The maximum atomic E-state index is 13.0. The fraction of sp³-hybridized carbons (Fsp3) is 0.174. The summed E-state index contributed by atoms with van der Waals surface area (Å²) in [5.74, 6) is 0.734. The van der Waals surface area contributed by atoms with Crippen molar-refractivity contribution in [1.82, 2.24) is 0 Å². The average molecular weight is 441 g/mol. The highest BCUT2D eigenvalue weighted by molar-refractivity contribution is 7.92. The van der Waals surface area contributed by atoms with Gasteiger partial charge in [-0.15, -0.1) is 0 Å². The molecule has 3 aromatic carbocycles. The van der Waals surface area contributed by atoms with Gasteiger partial charge in [-0.05, 0) is 55.5 Å². The van der Waals surface area contributed by atoms with Gasteiger partial charge in [0.25, 0.3) is 15.9 Å². The van der Waals surface area contributed by atoms with Gasteiger partial charge in [-0.1, -0.05) is 18.2 Å². The van der Waals surface area contributed by atoms with Crippen LogP contribution in [0, 0.1) is 0 Å². The van der Waals surface area contributed by atoms with E-state index in [2.05, 4.69) is 5.32 Å². The molecule has 7 nitrogen and oxygen atoms in total. The van der Waals surface area contributed by atoms with E-state index in [1.807, 2.05) is 0 Å². The van der Waals surface area contributed by atoms with E-state index < -0.39 is 10.0 Å². The van der Waals surface area contributed by atoms with Crippen molar-refractivity contribution in [2.45, 2.75) is 11.8 Å². The van der Waals surface area contributed by atoms with Crippen LogP contribution in [0.3, 0.4) is 0 Å². The molecule has 0 fully saturated rings. The standard InChI is InChI=1S/C23H24N2O5S/c1-4-25(31(27,28)20-8-6-5-7-9-20)19-13-10-17(11-14-19)23(26)24-18-12-15-21(29-2)22(16-18)30-3/h5-16H,4H2,1-3H3,(H,24,26). The predicted octanol–water partition coefficient (Wildman–Crippen LogP) is 4.17. The highest BCUT2D eigenvalue weighted by Crippen LogP contribution is 2.30. The maximum Gasteiger partial charge on any atom is 0.264 e. The van der Waals surface area contributed by atoms with Crippen molar-refractivity contribution in [2.75, 3.05) is 30.4 Å². The monoisotopic (exact) mass is 440 g/mol. The van der Waals surface area contributed by atoms with Crippen LogP contribution in [0.15, 0.2) is 77.7 Å². The second-order valence-electron chi connectivity index (χ2n) is 6.55. The van der Waals surface area contributed by atoms with Gasteiger partial charge < -0.3 is 14.8 Å². The summed E-state index contributed by atoms with van der Waals surface area (Å²) in [5, 5.41) is 2.80. The van der Waals surface area contributed by atoms with E-state index in [0.717, 1.165) is 0 Å². The third kappa shape index (κ3) is 4.80.